The van der Waals surface area contributed by atoms with Crippen molar-refractivity contribution in [3.8, 4) is 0 Å². The van der Waals surface area contributed by atoms with Gasteiger partial charge in [-0.2, -0.15) is 0 Å². The Labute approximate surface area is 101 Å². The van der Waals surface area contributed by atoms with Gasteiger partial charge < -0.3 is 9.88 Å². The van der Waals surface area contributed by atoms with E-state index in [1.54, 1.807) is 6.20 Å². The van der Waals surface area contributed by atoms with Gasteiger partial charge in [0.15, 0.2) is 0 Å². The molecule has 0 saturated carbocycles. The van der Waals surface area contributed by atoms with Crippen molar-refractivity contribution in [1.29, 1.82) is 0 Å². The van der Waals surface area contributed by atoms with Crippen LogP contribution >= 0.6 is 0 Å². The number of nitrogens with one attached hydrogen (secondary N) is 1. The number of hydrogen-bond acceptors (Lipinski definition) is 4. The Morgan fingerprint density at radius 1 is 1.35 bits per heavy atom. The molecule has 0 fully saturated rings. The lowest BCUT2D eigenvalue weighted by atomic mass is 10.2. The summed E-state index contributed by atoms with van der Waals surface area (Å²) in [6.45, 7) is 4.83. The molecule has 2 aromatic heterocycles. The number of rotatable bonds is 4. The van der Waals surface area contributed by atoms with Gasteiger partial charge in [-0.3, -0.25) is 0 Å². The van der Waals surface area contributed by atoms with Gasteiger partial charge in [-0.1, -0.05) is 0 Å². The summed E-state index contributed by atoms with van der Waals surface area (Å²) in [4.78, 5) is 13.1. The van der Waals surface area contributed by atoms with Gasteiger partial charge in [0, 0.05) is 38.1 Å². The molecule has 17 heavy (non-hydrogen) atoms. The lowest BCUT2D eigenvalue weighted by Gasteiger charge is -2.06. The Kier molecular flexibility index (Phi) is 3.37. The summed E-state index contributed by atoms with van der Waals surface area (Å²) in [7, 11) is 1.99. The van der Waals surface area contributed by atoms with Crippen LogP contribution in [-0.4, -0.2) is 26.1 Å². The Hall–Kier alpha value is -1.91. The van der Waals surface area contributed by atoms with Gasteiger partial charge in [0.1, 0.15) is 5.82 Å². The lowest BCUT2D eigenvalue weighted by molar-refractivity contribution is 0.807. The summed E-state index contributed by atoms with van der Waals surface area (Å²) in [5, 5.41) is 3.13. The highest BCUT2D eigenvalue weighted by molar-refractivity contribution is 5.28. The Morgan fingerprint density at radius 2 is 2.18 bits per heavy atom. The van der Waals surface area contributed by atoms with E-state index in [9.17, 15) is 0 Å². The molecule has 2 rings (SSSR count). The fourth-order valence-electron chi connectivity index (χ4n) is 1.69. The van der Waals surface area contributed by atoms with Crippen LogP contribution in [0.2, 0.25) is 0 Å². The fourth-order valence-corrected chi connectivity index (χ4v) is 1.69. The first-order valence-corrected chi connectivity index (χ1v) is 5.73. The molecule has 0 aromatic carbocycles. The predicted octanol–water partition coefficient (Wildman–Crippen LogP) is 1.54. The van der Waals surface area contributed by atoms with Gasteiger partial charge in [0.2, 0.25) is 5.95 Å². The van der Waals surface area contributed by atoms with E-state index < -0.39 is 0 Å². The summed E-state index contributed by atoms with van der Waals surface area (Å²) in [5.41, 5.74) is 1.96. The third kappa shape index (κ3) is 2.81. The topological polar surface area (TPSA) is 55.6 Å². The first-order chi connectivity index (χ1) is 8.19. The quantitative estimate of drug-likeness (QED) is 0.867. The molecule has 0 atom stereocenters. The first-order valence-electron chi connectivity index (χ1n) is 5.73. The summed E-state index contributed by atoms with van der Waals surface area (Å²) in [5.74, 6) is 1.70. The summed E-state index contributed by atoms with van der Waals surface area (Å²) < 4.78 is 2.00. The molecular formula is C12H17N5. The van der Waals surface area contributed by atoms with Crippen LogP contribution in [0.15, 0.2) is 18.5 Å². The Balaban J connectivity index is 2.23. The summed E-state index contributed by atoms with van der Waals surface area (Å²) in [6.07, 6.45) is 4.47. The van der Waals surface area contributed by atoms with Crippen LogP contribution < -0.4 is 5.32 Å². The number of aromatic nitrogens is 4. The van der Waals surface area contributed by atoms with Crippen molar-refractivity contribution >= 4 is 5.95 Å². The molecule has 0 unspecified atom stereocenters. The summed E-state index contributed by atoms with van der Waals surface area (Å²) in [6, 6.07) is 2.00. The molecule has 2 aromatic rings. The Bertz CT molecular complexity index is 503. The van der Waals surface area contributed by atoms with Crippen LogP contribution in [-0.2, 0) is 13.5 Å². The minimum absolute atomic E-state index is 0.691. The molecule has 0 aliphatic heterocycles. The molecule has 0 spiro atoms. The molecule has 0 radical (unpaired) electrons. The van der Waals surface area contributed by atoms with Crippen LogP contribution in [0.3, 0.4) is 0 Å². The molecule has 5 heteroatoms. The molecule has 0 saturated heterocycles. The van der Waals surface area contributed by atoms with Crippen molar-refractivity contribution in [2.75, 3.05) is 11.9 Å². The number of hydrogen-bond donors (Lipinski definition) is 1. The normalized spacial score (nSPS) is 10.5. The molecule has 5 nitrogen and oxygen atoms in total. The van der Waals surface area contributed by atoms with Gasteiger partial charge >= 0.3 is 0 Å². The second-order valence-electron chi connectivity index (χ2n) is 3.99. The van der Waals surface area contributed by atoms with Crippen LogP contribution in [0.5, 0.6) is 0 Å². The van der Waals surface area contributed by atoms with E-state index >= 15 is 0 Å². The van der Waals surface area contributed by atoms with Crippen molar-refractivity contribution in [3.63, 3.8) is 0 Å². The zero-order valence-electron chi connectivity index (χ0n) is 10.4. The third-order valence-electron chi connectivity index (χ3n) is 2.50. The maximum Gasteiger partial charge on any atom is 0.223 e. The molecule has 1 N–H and O–H groups in total. The van der Waals surface area contributed by atoms with E-state index in [1.807, 2.05) is 37.7 Å². The molecule has 90 valence electrons. The molecule has 0 aliphatic carbocycles. The maximum absolute atomic E-state index is 4.46. The van der Waals surface area contributed by atoms with Gasteiger partial charge in [0.05, 0.1) is 5.69 Å². The highest BCUT2D eigenvalue weighted by atomic mass is 15.1. The Morgan fingerprint density at radius 3 is 2.82 bits per heavy atom. The van der Waals surface area contributed by atoms with E-state index in [4.69, 9.17) is 0 Å². The van der Waals surface area contributed by atoms with Crippen molar-refractivity contribution in [2.24, 2.45) is 7.05 Å². The van der Waals surface area contributed by atoms with E-state index in [-0.39, 0.29) is 0 Å². The lowest BCUT2D eigenvalue weighted by Crippen LogP contribution is -2.07. The predicted molar refractivity (Wildman–Crippen MR) is 66.9 cm³/mol. The van der Waals surface area contributed by atoms with E-state index in [0.29, 0.717) is 5.95 Å². The summed E-state index contributed by atoms with van der Waals surface area (Å²) >= 11 is 0. The number of aryl methyl sites for hydroxylation is 2. The van der Waals surface area contributed by atoms with E-state index in [0.717, 1.165) is 30.2 Å². The van der Waals surface area contributed by atoms with Crippen molar-refractivity contribution in [2.45, 2.75) is 20.3 Å². The molecule has 0 bridgehead atoms. The van der Waals surface area contributed by atoms with Crippen LogP contribution in [0, 0.1) is 6.92 Å². The zero-order chi connectivity index (χ0) is 12.3. The number of imidazole rings is 1. The van der Waals surface area contributed by atoms with Gasteiger partial charge in [0.25, 0.3) is 0 Å². The minimum atomic E-state index is 0.691. The van der Waals surface area contributed by atoms with Gasteiger partial charge in [-0.05, 0) is 19.9 Å². The van der Waals surface area contributed by atoms with Crippen LogP contribution in [0.1, 0.15) is 24.1 Å². The maximum atomic E-state index is 4.46. The second-order valence-corrected chi connectivity index (χ2v) is 3.99. The molecule has 2 heterocycles. The average molecular weight is 231 g/mol. The smallest absolute Gasteiger partial charge is 0.223 e. The molecule has 0 amide bonds. The molecule has 0 aliphatic rings. The third-order valence-corrected chi connectivity index (χ3v) is 2.50. The van der Waals surface area contributed by atoms with Crippen LogP contribution in [0.25, 0.3) is 0 Å². The van der Waals surface area contributed by atoms with Crippen LogP contribution in [0.4, 0.5) is 5.95 Å². The van der Waals surface area contributed by atoms with Crippen molar-refractivity contribution in [3.05, 3.63) is 35.7 Å². The van der Waals surface area contributed by atoms with Crippen molar-refractivity contribution in [1.82, 2.24) is 19.5 Å². The standard InChI is InChI=1S/C12H17N5/c1-4-13-12-15-9(2)7-10(16-12)8-11-14-5-6-17(11)3/h5-7H,4,8H2,1-3H3,(H,13,15,16). The van der Waals surface area contributed by atoms with E-state index in [1.165, 1.54) is 0 Å². The first kappa shape index (κ1) is 11.6. The highest BCUT2D eigenvalue weighted by Gasteiger charge is 2.05. The largest absolute Gasteiger partial charge is 0.354 e. The van der Waals surface area contributed by atoms with Crippen molar-refractivity contribution < 1.29 is 0 Å². The minimum Gasteiger partial charge on any atom is -0.354 e. The SMILES string of the molecule is CCNc1nc(C)cc(Cc2nccn2C)n1. The number of anilines is 1. The zero-order valence-corrected chi connectivity index (χ0v) is 10.4. The van der Waals surface area contributed by atoms with Gasteiger partial charge in [-0.15, -0.1) is 0 Å². The average Bonchev–Trinajstić information content (AvgIpc) is 2.64. The van der Waals surface area contributed by atoms with E-state index in [2.05, 4.69) is 20.3 Å². The fraction of sp³-hybridized carbons (Fsp3) is 0.417. The monoisotopic (exact) mass is 231 g/mol. The highest BCUT2D eigenvalue weighted by Crippen LogP contribution is 2.09. The number of nitrogens with zero attached hydrogens (tertiary/aromatic N) is 4. The van der Waals surface area contributed by atoms with Gasteiger partial charge in [-0.25, -0.2) is 15.0 Å². The molecular weight excluding hydrogens is 214 g/mol. The second kappa shape index (κ2) is 4.95.